The van der Waals surface area contributed by atoms with Crippen molar-refractivity contribution in [2.45, 2.75) is 58.4 Å². The number of piperidine rings is 2. The highest BCUT2D eigenvalue weighted by Crippen LogP contribution is 2.38. The van der Waals surface area contributed by atoms with Gasteiger partial charge in [0.2, 0.25) is 5.91 Å². The van der Waals surface area contributed by atoms with Gasteiger partial charge < -0.3 is 15.3 Å². The first-order chi connectivity index (χ1) is 10.0. The number of hydrogen-bond donors (Lipinski definition) is 2. The number of rotatable bonds is 4. The second kappa shape index (κ2) is 6.77. The fraction of sp³-hybridized carbons (Fsp3) is 0.875. The molecule has 0 aliphatic carbocycles. The quantitative estimate of drug-likeness (QED) is 0.831. The molecule has 0 aromatic heterocycles. The molecule has 21 heavy (non-hydrogen) atoms. The Balaban J connectivity index is 2.23. The molecule has 5 nitrogen and oxygen atoms in total. The van der Waals surface area contributed by atoms with Crippen molar-refractivity contribution in [1.82, 2.24) is 10.2 Å². The summed E-state index contributed by atoms with van der Waals surface area (Å²) in [5.74, 6) is -0.721. The van der Waals surface area contributed by atoms with Gasteiger partial charge in [-0.15, -0.1) is 0 Å². The third kappa shape index (κ3) is 3.23. The monoisotopic (exact) mass is 296 g/mol. The van der Waals surface area contributed by atoms with Crippen LogP contribution in [0.15, 0.2) is 0 Å². The smallest absolute Gasteiger partial charge is 0.326 e. The number of carboxylic acids is 1. The van der Waals surface area contributed by atoms with E-state index in [0.717, 1.165) is 51.6 Å². The molecule has 0 aromatic carbocycles. The highest BCUT2D eigenvalue weighted by atomic mass is 16.4. The zero-order valence-electron chi connectivity index (χ0n) is 13.2. The maximum atomic E-state index is 13.2. The van der Waals surface area contributed by atoms with Crippen LogP contribution in [0.2, 0.25) is 0 Å². The summed E-state index contributed by atoms with van der Waals surface area (Å²) in [6.45, 7) is 6.36. The normalized spacial score (nSPS) is 29.1. The summed E-state index contributed by atoms with van der Waals surface area (Å²) >= 11 is 0. The second-order valence-corrected chi connectivity index (χ2v) is 6.68. The molecule has 0 radical (unpaired) electrons. The number of nitrogens with zero attached hydrogens (tertiary/aromatic N) is 1. The number of carboxylic acid groups (broad SMARTS) is 1. The molecular formula is C16H28N2O3. The lowest BCUT2D eigenvalue weighted by atomic mass is 9.73. The first kappa shape index (κ1) is 16.3. The lowest BCUT2D eigenvalue weighted by Crippen LogP contribution is -2.58. The topological polar surface area (TPSA) is 69.6 Å². The average Bonchev–Trinajstić information content (AvgIpc) is 2.47. The van der Waals surface area contributed by atoms with E-state index >= 15 is 0 Å². The maximum Gasteiger partial charge on any atom is 0.326 e. The Kier molecular flexibility index (Phi) is 5.25. The van der Waals surface area contributed by atoms with Gasteiger partial charge in [0.1, 0.15) is 6.04 Å². The van der Waals surface area contributed by atoms with E-state index < -0.39 is 12.0 Å². The molecule has 2 unspecified atom stereocenters. The summed E-state index contributed by atoms with van der Waals surface area (Å²) in [5.41, 5.74) is -0.342. The van der Waals surface area contributed by atoms with Crippen molar-refractivity contribution in [3.05, 3.63) is 0 Å². The molecule has 2 rings (SSSR count). The maximum absolute atomic E-state index is 13.2. The largest absolute Gasteiger partial charge is 0.480 e. The Morgan fingerprint density at radius 3 is 2.57 bits per heavy atom. The molecular weight excluding hydrogens is 268 g/mol. The first-order valence-corrected chi connectivity index (χ1v) is 8.26. The number of amides is 1. The van der Waals surface area contributed by atoms with E-state index in [0.29, 0.717) is 6.54 Å². The molecule has 2 heterocycles. The molecule has 2 atom stereocenters. The van der Waals surface area contributed by atoms with Crippen LogP contribution >= 0.6 is 0 Å². The summed E-state index contributed by atoms with van der Waals surface area (Å²) < 4.78 is 0. The molecule has 2 fully saturated rings. The van der Waals surface area contributed by atoms with E-state index in [1.54, 1.807) is 4.90 Å². The molecule has 2 aliphatic heterocycles. The average molecular weight is 296 g/mol. The third-order valence-electron chi connectivity index (χ3n) is 5.19. The van der Waals surface area contributed by atoms with Gasteiger partial charge in [0.05, 0.1) is 5.41 Å². The van der Waals surface area contributed by atoms with Crippen molar-refractivity contribution in [3.8, 4) is 0 Å². The summed E-state index contributed by atoms with van der Waals surface area (Å²) in [6, 6.07) is -0.644. The Morgan fingerprint density at radius 1 is 1.33 bits per heavy atom. The van der Waals surface area contributed by atoms with Gasteiger partial charge in [-0.2, -0.15) is 0 Å². The van der Waals surface area contributed by atoms with Crippen LogP contribution in [0.3, 0.4) is 0 Å². The van der Waals surface area contributed by atoms with Gasteiger partial charge in [0.15, 0.2) is 0 Å². The minimum Gasteiger partial charge on any atom is -0.480 e. The van der Waals surface area contributed by atoms with Gasteiger partial charge in [0, 0.05) is 6.54 Å². The highest BCUT2D eigenvalue weighted by Gasteiger charge is 2.46. The van der Waals surface area contributed by atoms with Crippen molar-refractivity contribution >= 4 is 11.9 Å². The van der Waals surface area contributed by atoms with E-state index in [4.69, 9.17) is 0 Å². The van der Waals surface area contributed by atoms with Gasteiger partial charge in [-0.3, -0.25) is 4.79 Å². The van der Waals surface area contributed by atoms with Crippen LogP contribution in [0.5, 0.6) is 0 Å². The standard InChI is InChI=1S/C16H28N2O3/c1-3-6-16(7-9-17-10-8-16)15(21)18-11-4-5-12(2)13(18)14(19)20/h12-13,17H,3-11H2,1-2H3,(H,19,20). The van der Waals surface area contributed by atoms with Crippen LogP contribution < -0.4 is 5.32 Å². The van der Waals surface area contributed by atoms with Gasteiger partial charge in [0.25, 0.3) is 0 Å². The predicted molar refractivity (Wildman–Crippen MR) is 81.0 cm³/mol. The van der Waals surface area contributed by atoms with Crippen molar-refractivity contribution < 1.29 is 14.7 Å². The SMILES string of the molecule is CCCC1(C(=O)N2CCCC(C)C2C(=O)O)CCNCC1. The highest BCUT2D eigenvalue weighted by molar-refractivity contribution is 5.88. The van der Waals surface area contributed by atoms with Crippen molar-refractivity contribution in [2.24, 2.45) is 11.3 Å². The predicted octanol–water partition coefficient (Wildman–Crippen LogP) is 1.87. The molecule has 120 valence electrons. The minimum absolute atomic E-state index is 0.0422. The fourth-order valence-corrected chi connectivity index (χ4v) is 4.05. The Bertz CT molecular complexity index is 385. The molecule has 0 bridgehead atoms. The zero-order valence-corrected chi connectivity index (χ0v) is 13.2. The van der Waals surface area contributed by atoms with Gasteiger partial charge in [-0.1, -0.05) is 20.3 Å². The summed E-state index contributed by atoms with van der Waals surface area (Å²) in [5, 5.41) is 12.8. The molecule has 5 heteroatoms. The summed E-state index contributed by atoms with van der Waals surface area (Å²) in [7, 11) is 0. The van der Waals surface area contributed by atoms with Crippen LogP contribution in [0.4, 0.5) is 0 Å². The van der Waals surface area contributed by atoms with E-state index in [1.165, 1.54) is 0 Å². The van der Waals surface area contributed by atoms with Crippen LogP contribution in [0.1, 0.15) is 52.4 Å². The van der Waals surface area contributed by atoms with E-state index in [-0.39, 0.29) is 17.2 Å². The second-order valence-electron chi connectivity index (χ2n) is 6.68. The van der Waals surface area contributed by atoms with E-state index in [1.807, 2.05) is 6.92 Å². The van der Waals surface area contributed by atoms with Crippen LogP contribution in [-0.2, 0) is 9.59 Å². The van der Waals surface area contributed by atoms with E-state index in [2.05, 4.69) is 12.2 Å². The molecule has 0 spiro atoms. The van der Waals surface area contributed by atoms with Gasteiger partial charge in [-0.25, -0.2) is 4.79 Å². The first-order valence-electron chi connectivity index (χ1n) is 8.26. The lowest BCUT2D eigenvalue weighted by molar-refractivity contribution is -0.161. The minimum atomic E-state index is -0.851. The van der Waals surface area contributed by atoms with Crippen molar-refractivity contribution in [2.75, 3.05) is 19.6 Å². The Labute approximate surface area is 127 Å². The Hall–Kier alpha value is -1.10. The molecule has 0 aromatic rings. The number of carbonyl (C=O) groups excluding carboxylic acids is 1. The fourth-order valence-electron chi connectivity index (χ4n) is 4.05. The molecule has 1 amide bonds. The Morgan fingerprint density at radius 2 is 2.00 bits per heavy atom. The molecule has 2 N–H and O–H groups in total. The van der Waals surface area contributed by atoms with Crippen molar-refractivity contribution in [1.29, 1.82) is 0 Å². The molecule has 2 saturated heterocycles. The van der Waals surface area contributed by atoms with Crippen LogP contribution in [0, 0.1) is 11.3 Å². The number of carbonyl (C=O) groups is 2. The summed E-state index contributed by atoms with van der Waals surface area (Å²) in [4.78, 5) is 26.5. The zero-order chi connectivity index (χ0) is 15.5. The molecule has 0 saturated carbocycles. The van der Waals surface area contributed by atoms with E-state index in [9.17, 15) is 14.7 Å². The van der Waals surface area contributed by atoms with Crippen molar-refractivity contribution in [3.63, 3.8) is 0 Å². The third-order valence-corrected chi connectivity index (χ3v) is 5.19. The van der Waals surface area contributed by atoms with Gasteiger partial charge >= 0.3 is 5.97 Å². The number of nitrogens with one attached hydrogen (secondary N) is 1. The number of aliphatic carboxylic acids is 1. The number of likely N-dealkylation sites (tertiary alicyclic amines) is 1. The van der Waals surface area contributed by atoms with Crippen LogP contribution in [0.25, 0.3) is 0 Å². The number of hydrogen-bond acceptors (Lipinski definition) is 3. The molecule has 2 aliphatic rings. The van der Waals surface area contributed by atoms with Gasteiger partial charge in [-0.05, 0) is 51.1 Å². The lowest BCUT2D eigenvalue weighted by Gasteiger charge is -2.45. The summed E-state index contributed by atoms with van der Waals surface area (Å²) in [6.07, 6.45) is 5.30. The van der Waals surface area contributed by atoms with Crippen LogP contribution in [-0.4, -0.2) is 47.6 Å².